The predicted molar refractivity (Wildman–Crippen MR) is 105 cm³/mol. The van der Waals surface area contributed by atoms with Crippen LogP contribution in [-0.4, -0.2) is 26.3 Å². The molecule has 0 fully saturated rings. The second-order valence-electron chi connectivity index (χ2n) is 5.33. The first kappa shape index (κ1) is 18.7. The van der Waals surface area contributed by atoms with Crippen molar-refractivity contribution in [2.75, 3.05) is 14.2 Å². The van der Waals surface area contributed by atoms with Gasteiger partial charge >= 0.3 is 0 Å². The van der Waals surface area contributed by atoms with Crippen LogP contribution >= 0.6 is 11.3 Å². The van der Waals surface area contributed by atoms with Crippen molar-refractivity contribution in [2.24, 2.45) is 4.99 Å². The van der Waals surface area contributed by atoms with E-state index in [2.05, 4.69) is 16.9 Å². The summed E-state index contributed by atoms with van der Waals surface area (Å²) in [6.45, 7) is 4.28. The third-order valence-corrected chi connectivity index (χ3v) is 4.63. The van der Waals surface area contributed by atoms with Crippen LogP contribution in [0.5, 0.6) is 5.75 Å². The molecule has 1 heterocycles. The lowest BCUT2D eigenvalue weighted by Crippen LogP contribution is -2.21. The molecule has 0 aliphatic rings. The van der Waals surface area contributed by atoms with E-state index >= 15 is 0 Å². The second-order valence-corrected chi connectivity index (χ2v) is 6.50. The van der Waals surface area contributed by atoms with Gasteiger partial charge in [-0.1, -0.05) is 24.8 Å². The van der Waals surface area contributed by atoms with Gasteiger partial charge in [0, 0.05) is 31.1 Å². The topological polar surface area (TPSA) is 50.7 Å². The van der Waals surface area contributed by atoms with Crippen LogP contribution in [0.25, 0.3) is 0 Å². The standard InChI is InChI=1S/C20H22N2O2S/c1-4-15(10-11-21-2)13-18-8-9-19(25-18)20(23)22-14-16-6-5-7-17(12-16)24-3/h4-12H,1,13-14H2,2-3H3,(H,22,23)/b15-10+,21-11?. The molecule has 0 unspecified atom stereocenters. The van der Waals surface area contributed by atoms with Crippen molar-refractivity contribution in [3.05, 3.63) is 76.0 Å². The van der Waals surface area contributed by atoms with E-state index in [-0.39, 0.29) is 5.91 Å². The average molecular weight is 354 g/mol. The first-order valence-corrected chi connectivity index (χ1v) is 8.71. The Bertz CT molecular complexity index is 790. The van der Waals surface area contributed by atoms with Crippen LogP contribution in [-0.2, 0) is 13.0 Å². The maximum absolute atomic E-state index is 12.3. The van der Waals surface area contributed by atoms with Crippen molar-refractivity contribution in [2.45, 2.75) is 13.0 Å². The molecule has 2 rings (SSSR count). The molecule has 0 bridgehead atoms. The molecule has 0 aliphatic carbocycles. The van der Waals surface area contributed by atoms with Gasteiger partial charge in [0.1, 0.15) is 5.75 Å². The zero-order valence-corrected chi connectivity index (χ0v) is 15.3. The Morgan fingerprint density at radius 2 is 2.20 bits per heavy atom. The van der Waals surface area contributed by atoms with Crippen molar-refractivity contribution in [3.8, 4) is 5.75 Å². The van der Waals surface area contributed by atoms with Gasteiger partial charge in [-0.3, -0.25) is 9.79 Å². The molecule has 0 saturated carbocycles. The third kappa shape index (κ3) is 5.72. The number of methoxy groups -OCH3 is 1. The smallest absolute Gasteiger partial charge is 0.261 e. The highest BCUT2D eigenvalue weighted by molar-refractivity contribution is 7.14. The predicted octanol–water partition coefficient (Wildman–Crippen LogP) is 4.04. The number of hydrogen-bond donors (Lipinski definition) is 1. The maximum Gasteiger partial charge on any atom is 0.261 e. The zero-order chi connectivity index (χ0) is 18.1. The van der Waals surface area contributed by atoms with Gasteiger partial charge in [0.15, 0.2) is 0 Å². The summed E-state index contributed by atoms with van der Waals surface area (Å²) in [7, 11) is 3.36. The number of hydrogen-bond acceptors (Lipinski definition) is 4. The first-order chi connectivity index (χ1) is 12.2. The van der Waals surface area contributed by atoms with Crippen molar-refractivity contribution in [1.82, 2.24) is 5.32 Å². The van der Waals surface area contributed by atoms with E-state index in [0.29, 0.717) is 11.4 Å². The molecule has 0 spiro atoms. The van der Waals surface area contributed by atoms with Gasteiger partial charge < -0.3 is 10.1 Å². The number of nitrogens with zero attached hydrogens (tertiary/aromatic N) is 1. The second kappa shape index (κ2) is 9.59. The number of carbonyl (C=O) groups is 1. The van der Waals surface area contributed by atoms with Gasteiger partial charge in [-0.2, -0.15) is 0 Å². The van der Waals surface area contributed by atoms with E-state index in [9.17, 15) is 4.79 Å². The van der Waals surface area contributed by atoms with E-state index in [4.69, 9.17) is 4.74 Å². The number of nitrogens with one attached hydrogen (secondary N) is 1. The molecule has 25 heavy (non-hydrogen) atoms. The van der Waals surface area contributed by atoms with E-state index in [1.807, 2.05) is 48.6 Å². The first-order valence-electron chi connectivity index (χ1n) is 7.90. The summed E-state index contributed by atoms with van der Waals surface area (Å²) in [5.41, 5.74) is 2.07. The maximum atomic E-state index is 12.3. The highest BCUT2D eigenvalue weighted by Gasteiger charge is 2.09. The van der Waals surface area contributed by atoms with Crippen molar-refractivity contribution >= 4 is 23.5 Å². The van der Waals surface area contributed by atoms with Crippen molar-refractivity contribution < 1.29 is 9.53 Å². The number of thiophene rings is 1. The van der Waals surface area contributed by atoms with E-state index in [0.717, 1.165) is 28.2 Å². The van der Waals surface area contributed by atoms with Gasteiger partial charge in [0.2, 0.25) is 0 Å². The summed E-state index contributed by atoms with van der Waals surface area (Å²) >= 11 is 1.49. The highest BCUT2D eigenvalue weighted by Crippen LogP contribution is 2.20. The summed E-state index contributed by atoms with van der Waals surface area (Å²) in [5.74, 6) is 0.711. The Morgan fingerprint density at radius 3 is 2.92 bits per heavy atom. The molecule has 1 amide bonds. The number of amides is 1. The fourth-order valence-electron chi connectivity index (χ4n) is 2.22. The summed E-state index contributed by atoms with van der Waals surface area (Å²) in [5, 5.41) is 2.94. The van der Waals surface area contributed by atoms with E-state index in [1.54, 1.807) is 20.4 Å². The van der Waals surface area contributed by atoms with Gasteiger partial charge in [-0.15, -0.1) is 11.3 Å². The SMILES string of the molecule is C=C/C(=C\C=NC)Cc1ccc(C(=O)NCc2cccc(OC)c2)s1. The Kier molecular flexibility index (Phi) is 7.16. The number of benzene rings is 1. The lowest BCUT2D eigenvalue weighted by molar-refractivity contribution is 0.0955. The lowest BCUT2D eigenvalue weighted by atomic mass is 10.1. The minimum absolute atomic E-state index is 0.0710. The van der Waals surface area contributed by atoms with Gasteiger partial charge in [0.25, 0.3) is 5.91 Å². The molecule has 0 radical (unpaired) electrons. The number of aliphatic imine (C=N–C) groups is 1. The van der Waals surface area contributed by atoms with E-state index in [1.165, 1.54) is 11.3 Å². The minimum Gasteiger partial charge on any atom is -0.497 e. The molecular formula is C20H22N2O2S. The fraction of sp³-hybridized carbons (Fsp3) is 0.200. The highest BCUT2D eigenvalue weighted by atomic mass is 32.1. The molecule has 0 saturated heterocycles. The Labute approximate surface area is 152 Å². The number of allylic oxidation sites excluding steroid dienone is 3. The molecule has 130 valence electrons. The van der Waals surface area contributed by atoms with E-state index < -0.39 is 0 Å². The summed E-state index contributed by atoms with van der Waals surface area (Å²) in [4.78, 5) is 18.1. The van der Waals surface area contributed by atoms with Gasteiger partial charge in [-0.05, 0) is 41.5 Å². The van der Waals surface area contributed by atoms with Crippen LogP contribution in [0.1, 0.15) is 20.1 Å². The Hall–Kier alpha value is -2.66. The van der Waals surface area contributed by atoms with Crippen LogP contribution in [0, 0.1) is 0 Å². The number of ether oxygens (including phenoxy) is 1. The number of rotatable bonds is 8. The molecule has 1 aromatic heterocycles. The molecule has 0 aliphatic heterocycles. The molecular weight excluding hydrogens is 332 g/mol. The number of carbonyl (C=O) groups excluding carboxylic acids is 1. The summed E-state index contributed by atoms with van der Waals surface area (Å²) in [6, 6.07) is 11.5. The molecule has 2 aromatic rings. The quantitative estimate of drug-likeness (QED) is 0.574. The van der Waals surface area contributed by atoms with Crippen molar-refractivity contribution in [1.29, 1.82) is 0 Å². The van der Waals surface area contributed by atoms with Gasteiger partial charge in [-0.25, -0.2) is 0 Å². The van der Waals surface area contributed by atoms with Gasteiger partial charge in [0.05, 0.1) is 12.0 Å². The normalized spacial score (nSPS) is 11.5. The van der Waals surface area contributed by atoms with Crippen LogP contribution in [0.3, 0.4) is 0 Å². The molecule has 4 nitrogen and oxygen atoms in total. The zero-order valence-electron chi connectivity index (χ0n) is 14.5. The average Bonchev–Trinajstić information content (AvgIpc) is 3.12. The molecule has 0 atom stereocenters. The lowest BCUT2D eigenvalue weighted by Gasteiger charge is -2.06. The minimum atomic E-state index is -0.0710. The largest absolute Gasteiger partial charge is 0.497 e. The fourth-order valence-corrected chi connectivity index (χ4v) is 3.18. The van der Waals surface area contributed by atoms with Crippen molar-refractivity contribution in [3.63, 3.8) is 0 Å². The molecule has 1 N–H and O–H groups in total. The summed E-state index contributed by atoms with van der Waals surface area (Å²) < 4.78 is 5.19. The van der Waals surface area contributed by atoms with Crippen LogP contribution in [0.4, 0.5) is 0 Å². The molecule has 1 aromatic carbocycles. The Morgan fingerprint density at radius 1 is 1.36 bits per heavy atom. The summed E-state index contributed by atoms with van der Waals surface area (Å²) in [6.07, 6.45) is 6.22. The Balaban J connectivity index is 1.96. The monoisotopic (exact) mass is 354 g/mol. The third-order valence-electron chi connectivity index (χ3n) is 3.55. The van der Waals surface area contributed by atoms with Crippen LogP contribution in [0.15, 0.2) is 65.7 Å². The van der Waals surface area contributed by atoms with Crippen LogP contribution < -0.4 is 10.1 Å². The molecule has 5 heteroatoms. The van der Waals surface area contributed by atoms with Crippen LogP contribution in [0.2, 0.25) is 0 Å².